The molecule has 3 aromatic carbocycles. The molecule has 1 amide bonds. The summed E-state index contributed by atoms with van der Waals surface area (Å²) in [4.78, 5) is 24.8. The number of anilines is 3. The van der Waals surface area contributed by atoms with Gasteiger partial charge in [0.2, 0.25) is 0 Å². The van der Waals surface area contributed by atoms with Crippen molar-refractivity contribution in [3.05, 3.63) is 89.0 Å². The van der Waals surface area contributed by atoms with Gasteiger partial charge in [-0.3, -0.25) is 4.79 Å². The highest BCUT2D eigenvalue weighted by molar-refractivity contribution is 6.37. The van der Waals surface area contributed by atoms with Gasteiger partial charge in [-0.15, -0.1) is 0 Å². The summed E-state index contributed by atoms with van der Waals surface area (Å²) in [6, 6.07) is 20.3. The molecule has 0 saturated heterocycles. The molecule has 0 fully saturated rings. The van der Waals surface area contributed by atoms with E-state index in [9.17, 15) is 9.59 Å². The van der Waals surface area contributed by atoms with Crippen LogP contribution < -0.4 is 16.4 Å². The fourth-order valence-corrected chi connectivity index (χ4v) is 3.54. The average molecular weight is 399 g/mol. The Balaban J connectivity index is 1.85. The van der Waals surface area contributed by atoms with Crippen molar-refractivity contribution in [3.63, 3.8) is 0 Å². The second-order valence-electron chi connectivity index (χ2n) is 7.02. The highest BCUT2D eigenvalue weighted by atomic mass is 16.5. The van der Waals surface area contributed by atoms with Gasteiger partial charge in [-0.25, -0.2) is 4.79 Å². The third kappa shape index (κ3) is 3.51. The number of ether oxygens (including phenoxy) is 1. The van der Waals surface area contributed by atoms with E-state index in [1.54, 1.807) is 30.3 Å². The number of nitrogens with one attached hydrogen (secondary N) is 2. The Labute approximate surface area is 174 Å². The Bertz CT molecular complexity index is 1180. The predicted octanol–water partition coefficient (Wildman–Crippen LogP) is 4.30. The number of hydrogen-bond donors (Lipinski definition) is 3. The van der Waals surface area contributed by atoms with Gasteiger partial charge in [0.1, 0.15) is 0 Å². The SMILES string of the molecule is COC(=O)c1ccc(N/C(=C2\C(=O)Nc3ccc(N)cc32)c2ccccc2)cc1C. The third-order valence-electron chi connectivity index (χ3n) is 5.00. The van der Waals surface area contributed by atoms with Gasteiger partial charge in [0, 0.05) is 22.6 Å². The highest BCUT2D eigenvalue weighted by Gasteiger charge is 2.28. The van der Waals surface area contributed by atoms with Gasteiger partial charge in [-0.1, -0.05) is 30.3 Å². The van der Waals surface area contributed by atoms with Gasteiger partial charge in [-0.05, 0) is 54.4 Å². The molecule has 0 bridgehead atoms. The van der Waals surface area contributed by atoms with Gasteiger partial charge in [-0.2, -0.15) is 0 Å². The molecule has 0 radical (unpaired) electrons. The number of methoxy groups -OCH3 is 1. The van der Waals surface area contributed by atoms with Gasteiger partial charge in [0.25, 0.3) is 5.91 Å². The number of hydrogen-bond acceptors (Lipinski definition) is 5. The number of benzene rings is 3. The number of nitrogens with two attached hydrogens (primary N) is 1. The lowest BCUT2D eigenvalue weighted by Crippen LogP contribution is -2.10. The zero-order valence-electron chi connectivity index (χ0n) is 16.7. The van der Waals surface area contributed by atoms with E-state index >= 15 is 0 Å². The molecule has 4 N–H and O–H groups in total. The molecule has 1 aliphatic rings. The number of fused-ring (bicyclic) bond motifs is 1. The number of nitrogen functional groups attached to an aromatic ring is 1. The molecule has 3 aromatic rings. The van der Waals surface area contributed by atoms with E-state index in [4.69, 9.17) is 10.5 Å². The number of esters is 1. The molecule has 0 saturated carbocycles. The summed E-state index contributed by atoms with van der Waals surface area (Å²) in [5.74, 6) is -0.592. The fraction of sp³-hybridized carbons (Fsp3) is 0.0833. The summed E-state index contributed by atoms with van der Waals surface area (Å²) >= 11 is 0. The highest BCUT2D eigenvalue weighted by Crippen LogP contribution is 2.38. The van der Waals surface area contributed by atoms with Crippen LogP contribution in [0.1, 0.15) is 27.0 Å². The van der Waals surface area contributed by atoms with Crippen LogP contribution in [0.4, 0.5) is 17.1 Å². The average Bonchev–Trinajstić information content (AvgIpc) is 3.07. The minimum atomic E-state index is -0.389. The first-order chi connectivity index (χ1) is 14.5. The molecule has 0 aromatic heterocycles. The molecule has 150 valence electrons. The minimum Gasteiger partial charge on any atom is -0.465 e. The zero-order chi connectivity index (χ0) is 21.3. The van der Waals surface area contributed by atoms with E-state index < -0.39 is 0 Å². The van der Waals surface area contributed by atoms with E-state index in [0.29, 0.717) is 22.5 Å². The van der Waals surface area contributed by atoms with E-state index in [1.165, 1.54) is 7.11 Å². The monoisotopic (exact) mass is 399 g/mol. The number of carbonyl (C=O) groups is 2. The molecule has 4 rings (SSSR count). The number of aryl methyl sites for hydroxylation is 1. The first-order valence-corrected chi connectivity index (χ1v) is 9.45. The second-order valence-corrected chi connectivity index (χ2v) is 7.02. The standard InChI is InChI=1S/C24H21N3O3/c1-14-12-17(9-10-18(14)24(29)30-2)26-22(15-6-4-3-5-7-15)21-19-13-16(25)8-11-20(19)27-23(21)28/h3-13,26H,25H2,1-2H3,(H,27,28)/b22-21-. The summed E-state index contributed by atoms with van der Waals surface area (Å²) in [6.07, 6.45) is 0. The molecule has 0 aliphatic carbocycles. The Hall–Kier alpha value is -4.06. The Morgan fingerprint density at radius 3 is 2.50 bits per heavy atom. The molecule has 1 heterocycles. The lowest BCUT2D eigenvalue weighted by atomic mass is 9.99. The van der Waals surface area contributed by atoms with E-state index in [2.05, 4.69) is 10.6 Å². The summed E-state index contributed by atoms with van der Waals surface area (Å²) in [7, 11) is 1.35. The Morgan fingerprint density at radius 1 is 1.03 bits per heavy atom. The maximum atomic E-state index is 12.9. The normalized spacial score (nSPS) is 14.0. The number of rotatable bonds is 4. The molecule has 0 atom stereocenters. The second kappa shape index (κ2) is 7.75. The lowest BCUT2D eigenvalue weighted by molar-refractivity contribution is -0.110. The van der Waals surface area contributed by atoms with E-state index in [-0.39, 0.29) is 11.9 Å². The number of amides is 1. The van der Waals surface area contributed by atoms with Crippen LogP contribution in [0.25, 0.3) is 11.3 Å². The maximum absolute atomic E-state index is 12.9. The van der Waals surface area contributed by atoms with Crippen molar-refractivity contribution in [1.29, 1.82) is 0 Å². The van der Waals surface area contributed by atoms with Crippen LogP contribution in [0.5, 0.6) is 0 Å². The van der Waals surface area contributed by atoms with Crippen LogP contribution in [0.15, 0.2) is 66.7 Å². The Morgan fingerprint density at radius 2 is 1.80 bits per heavy atom. The molecule has 0 unspecified atom stereocenters. The van der Waals surface area contributed by atoms with Gasteiger partial charge in [0.05, 0.1) is 23.9 Å². The Kier molecular flexibility index (Phi) is 4.98. The van der Waals surface area contributed by atoms with Gasteiger partial charge >= 0.3 is 5.97 Å². The smallest absolute Gasteiger partial charge is 0.338 e. The van der Waals surface area contributed by atoms with E-state index in [0.717, 1.165) is 28.1 Å². The molecule has 30 heavy (non-hydrogen) atoms. The van der Waals surface area contributed by atoms with Crippen LogP contribution in [0.2, 0.25) is 0 Å². The molecule has 1 aliphatic heterocycles. The van der Waals surface area contributed by atoms with Crippen molar-refractivity contribution in [1.82, 2.24) is 0 Å². The quantitative estimate of drug-likeness (QED) is 0.346. The van der Waals surface area contributed by atoms with Crippen molar-refractivity contribution in [2.24, 2.45) is 0 Å². The van der Waals surface area contributed by atoms with Crippen molar-refractivity contribution in [3.8, 4) is 0 Å². The fourth-order valence-electron chi connectivity index (χ4n) is 3.54. The summed E-state index contributed by atoms with van der Waals surface area (Å²) in [5.41, 5.74) is 12.1. The largest absolute Gasteiger partial charge is 0.465 e. The van der Waals surface area contributed by atoms with Crippen LogP contribution in [0, 0.1) is 6.92 Å². The van der Waals surface area contributed by atoms with Gasteiger partial charge < -0.3 is 21.1 Å². The van der Waals surface area contributed by atoms with E-state index in [1.807, 2.05) is 43.3 Å². The molecular weight excluding hydrogens is 378 g/mol. The first kappa shape index (κ1) is 19.3. The number of carbonyl (C=O) groups excluding carboxylic acids is 2. The van der Waals surface area contributed by atoms with Crippen molar-refractivity contribution >= 4 is 40.2 Å². The van der Waals surface area contributed by atoms with Crippen LogP contribution in [-0.2, 0) is 9.53 Å². The third-order valence-corrected chi connectivity index (χ3v) is 5.00. The summed E-state index contributed by atoms with van der Waals surface area (Å²) in [6.45, 7) is 1.84. The van der Waals surface area contributed by atoms with Gasteiger partial charge in [0.15, 0.2) is 0 Å². The van der Waals surface area contributed by atoms with Crippen LogP contribution >= 0.6 is 0 Å². The summed E-state index contributed by atoms with van der Waals surface area (Å²) in [5, 5.41) is 6.28. The predicted molar refractivity (Wildman–Crippen MR) is 119 cm³/mol. The molecule has 0 spiro atoms. The molecule has 6 heteroatoms. The maximum Gasteiger partial charge on any atom is 0.338 e. The van der Waals surface area contributed by atoms with Crippen LogP contribution in [0.3, 0.4) is 0 Å². The van der Waals surface area contributed by atoms with Crippen molar-refractivity contribution < 1.29 is 14.3 Å². The minimum absolute atomic E-state index is 0.204. The first-order valence-electron chi connectivity index (χ1n) is 9.45. The molecular formula is C24H21N3O3. The van der Waals surface area contributed by atoms with Crippen molar-refractivity contribution in [2.45, 2.75) is 6.92 Å². The van der Waals surface area contributed by atoms with Crippen LogP contribution in [-0.4, -0.2) is 19.0 Å². The molecule has 6 nitrogen and oxygen atoms in total. The van der Waals surface area contributed by atoms with Crippen molar-refractivity contribution in [2.75, 3.05) is 23.5 Å². The lowest BCUT2D eigenvalue weighted by Gasteiger charge is -2.16. The summed E-state index contributed by atoms with van der Waals surface area (Å²) < 4.78 is 4.82. The zero-order valence-corrected chi connectivity index (χ0v) is 16.7. The topological polar surface area (TPSA) is 93.4 Å².